The van der Waals surface area contributed by atoms with Crippen LogP contribution in [0.3, 0.4) is 0 Å². The predicted molar refractivity (Wildman–Crippen MR) is 190 cm³/mol. The fourth-order valence-electron chi connectivity index (χ4n) is 7.06. The molecule has 9 rings (SSSR count). The van der Waals surface area contributed by atoms with E-state index in [9.17, 15) is 0 Å². The first-order valence-electron chi connectivity index (χ1n) is 15.4. The Morgan fingerprint density at radius 3 is 1.58 bits per heavy atom. The summed E-state index contributed by atoms with van der Waals surface area (Å²) in [6.45, 7) is 0. The van der Waals surface area contributed by atoms with Gasteiger partial charge in [-0.25, -0.2) is 0 Å². The molecule has 210 valence electrons. The topological polar surface area (TPSA) is 13.1 Å². The molecule has 1 heterocycles. The summed E-state index contributed by atoms with van der Waals surface area (Å²) in [4.78, 5) is 0. The van der Waals surface area contributed by atoms with Crippen LogP contribution < -0.4 is 0 Å². The van der Waals surface area contributed by atoms with E-state index in [1.807, 2.05) is 6.07 Å². The molecule has 8 aromatic carbocycles. The number of fused-ring (bicyclic) bond motifs is 5. The molecule has 0 atom stereocenters. The van der Waals surface area contributed by atoms with Crippen LogP contribution >= 0.6 is 0 Å². The van der Waals surface area contributed by atoms with Gasteiger partial charge in [0.1, 0.15) is 11.2 Å². The van der Waals surface area contributed by atoms with E-state index in [-0.39, 0.29) is 0 Å². The second-order valence-corrected chi connectivity index (χ2v) is 11.6. The van der Waals surface area contributed by atoms with Crippen LogP contribution in [-0.4, -0.2) is 0 Å². The summed E-state index contributed by atoms with van der Waals surface area (Å²) >= 11 is 0. The third-order valence-corrected chi connectivity index (χ3v) is 9.06. The van der Waals surface area contributed by atoms with Gasteiger partial charge in [-0.15, -0.1) is 0 Å². The molecule has 0 radical (unpaired) electrons. The molecule has 0 saturated heterocycles. The maximum absolute atomic E-state index is 6.38. The molecule has 0 fully saturated rings. The van der Waals surface area contributed by atoms with Crippen molar-refractivity contribution in [2.24, 2.45) is 0 Å². The second-order valence-electron chi connectivity index (χ2n) is 11.6. The summed E-state index contributed by atoms with van der Waals surface area (Å²) in [5.41, 5.74) is 11.5. The number of hydrogen-bond donors (Lipinski definition) is 0. The molecule has 0 amide bonds. The first kappa shape index (κ1) is 25.6. The van der Waals surface area contributed by atoms with Crippen molar-refractivity contribution in [1.82, 2.24) is 0 Å². The molecule has 0 spiro atoms. The highest BCUT2D eigenvalue weighted by Crippen LogP contribution is 2.48. The SMILES string of the molecule is c1ccc(-c2cccc(-c3c4ccccc4c(-c4cccc5oc6ccccc6c45)c4cc(-c5ccccc5)ccc34)c2)cc1. The van der Waals surface area contributed by atoms with Gasteiger partial charge >= 0.3 is 0 Å². The minimum atomic E-state index is 0.907. The highest BCUT2D eigenvalue weighted by atomic mass is 16.3. The van der Waals surface area contributed by atoms with Crippen LogP contribution in [0.1, 0.15) is 0 Å². The lowest BCUT2D eigenvalue weighted by atomic mass is 9.83. The lowest BCUT2D eigenvalue weighted by Gasteiger charge is -2.19. The Bertz CT molecular complexity index is 2520. The monoisotopic (exact) mass is 572 g/mol. The van der Waals surface area contributed by atoms with Crippen LogP contribution in [0, 0.1) is 0 Å². The summed E-state index contributed by atoms with van der Waals surface area (Å²) in [6.07, 6.45) is 0. The summed E-state index contributed by atoms with van der Waals surface area (Å²) < 4.78 is 6.38. The number of furan rings is 1. The van der Waals surface area contributed by atoms with Crippen molar-refractivity contribution in [2.75, 3.05) is 0 Å². The van der Waals surface area contributed by atoms with Gasteiger partial charge in [-0.2, -0.15) is 0 Å². The van der Waals surface area contributed by atoms with Crippen LogP contribution in [0.25, 0.3) is 88.0 Å². The van der Waals surface area contributed by atoms with Crippen molar-refractivity contribution >= 4 is 43.5 Å². The van der Waals surface area contributed by atoms with E-state index in [1.54, 1.807) is 0 Å². The Kier molecular flexibility index (Phi) is 5.89. The van der Waals surface area contributed by atoms with E-state index in [1.165, 1.54) is 66.1 Å². The molecule has 0 aliphatic heterocycles. The Hall–Kier alpha value is -5.92. The zero-order valence-corrected chi connectivity index (χ0v) is 24.6. The van der Waals surface area contributed by atoms with Crippen LogP contribution in [0.15, 0.2) is 174 Å². The van der Waals surface area contributed by atoms with E-state index >= 15 is 0 Å². The van der Waals surface area contributed by atoms with Crippen molar-refractivity contribution in [2.45, 2.75) is 0 Å². The molecule has 1 nitrogen and oxygen atoms in total. The van der Waals surface area contributed by atoms with Crippen molar-refractivity contribution in [1.29, 1.82) is 0 Å². The molecule has 0 unspecified atom stereocenters. The minimum absolute atomic E-state index is 0.907. The average Bonchev–Trinajstić information content (AvgIpc) is 3.50. The lowest BCUT2D eigenvalue weighted by Crippen LogP contribution is -1.92. The largest absolute Gasteiger partial charge is 0.456 e. The van der Waals surface area contributed by atoms with Gasteiger partial charge in [-0.05, 0) is 90.3 Å². The lowest BCUT2D eigenvalue weighted by molar-refractivity contribution is 0.669. The number of hydrogen-bond acceptors (Lipinski definition) is 1. The molecular formula is C44H28O. The highest BCUT2D eigenvalue weighted by Gasteiger charge is 2.21. The van der Waals surface area contributed by atoms with Crippen LogP contribution in [0.5, 0.6) is 0 Å². The highest BCUT2D eigenvalue weighted by molar-refractivity contribution is 6.26. The Balaban J connectivity index is 1.43. The maximum Gasteiger partial charge on any atom is 0.136 e. The molecule has 9 aromatic rings. The number of benzene rings is 8. The molecule has 0 N–H and O–H groups in total. The number of para-hydroxylation sites is 1. The van der Waals surface area contributed by atoms with Crippen LogP contribution in [0.4, 0.5) is 0 Å². The van der Waals surface area contributed by atoms with Gasteiger partial charge < -0.3 is 4.42 Å². The molecule has 1 heteroatoms. The van der Waals surface area contributed by atoms with Crippen molar-refractivity contribution in [3.63, 3.8) is 0 Å². The molecule has 0 bridgehead atoms. The number of rotatable bonds is 4. The molecular weight excluding hydrogens is 544 g/mol. The average molecular weight is 573 g/mol. The summed E-state index contributed by atoms with van der Waals surface area (Å²) in [5.74, 6) is 0. The predicted octanol–water partition coefficient (Wildman–Crippen LogP) is 12.6. The van der Waals surface area contributed by atoms with E-state index < -0.39 is 0 Å². The van der Waals surface area contributed by atoms with E-state index in [0.29, 0.717) is 0 Å². The van der Waals surface area contributed by atoms with Crippen LogP contribution in [0.2, 0.25) is 0 Å². The van der Waals surface area contributed by atoms with E-state index in [4.69, 9.17) is 4.42 Å². The fraction of sp³-hybridized carbons (Fsp3) is 0. The second kappa shape index (κ2) is 10.4. The quantitative estimate of drug-likeness (QED) is 0.191. The smallest absolute Gasteiger partial charge is 0.136 e. The zero-order valence-electron chi connectivity index (χ0n) is 24.6. The van der Waals surface area contributed by atoms with E-state index in [2.05, 4.69) is 164 Å². The van der Waals surface area contributed by atoms with Crippen molar-refractivity contribution < 1.29 is 4.42 Å². The van der Waals surface area contributed by atoms with Gasteiger partial charge in [0.05, 0.1) is 0 Å². The van der Waals surface area contributed by atoms with Crippen molar-refractivity contribution in [3.8, 4) is 44.5 Å². The summed E-state index contributed by atoms with van der Waals surface area (Å²) in [7, 11) is 0. The van der Waals surface area contributed by atoms with Gasteiger partial charge in [-0.1, -0.05) is 146 Å². The van der Waals surface area contributed by atoms with E-state index in [0.717, 1.165) is 21.9 Å². The summed E-state index contributed by atoms with van der Waals surface area (Å²) in [5, 5.41) is 7.23. The minimum Gasteiger partial charge on any atom is -0.456 e. The third-order valence-electron chi connectivity index (χ3n) is 9.06. The van der Waals surface area contributed by atoms with Crippen LogP contribution in [-0.2, 0) is 0 Å². The van der Waals surface area contributed by atoms with Gasteiger partial charge in [0.25, 0.3) is 0 Å². The molecule has 1 aromatic heterocycles. The summed E-state index contributed by atoms with van der Waals surface area (Å²) in [6, 6.07) is 61.0. The fourth-order valence-corrected chi connectivity index (χ4v) is 7.06. The molecule has 0 aliphatic rings. The Morgan fingerprint density at radius 1 is 0.289 bits per heavy atom. The first-order valence-corrected chi connectivity index (χ1v) is 15.4. The molecule has 0 saturated carbocycles. The zero-order chi connectivity index (χ0) is 29.7. The normalized spacial score (nSPS) is 11.6. The van der Waals surface area contributed by atoms with Gasteiger partial charge in [0.15, 0.2) is 0 Å². The standard InChI is InChI=1S/C44H28O/c1-3-13-29(14-4-1)31-17-11-18-33(27-31)42-34-19-7-8-20-35(34)43(39-28-32(25-26-36(39)42)30-15-5-2-6-16-30)38-22-12-24-41-44(38)37-21-9-10-23-40(37)45-41/h1-28H. The van der Waals surface area contributed by atoms with Crippen molar-refractivity contribution in [3.05, 3.63) is 170 Å². The Morgan fingerprint density at radius 2 is 0.822 bits per heavy atom. The first-order chi connectivity index (χ1) is 22.3. The third kappa shape index (κ3) is 4.17. The molecule has 0 aliphatic carbocycles. The van der Waals surface area contributed by atoms with Gasteiger partial charge in [0, 0.05) is 10.8 Å². The Labute approximate surface area is 261 Å². The molecule has 45 heavy (non-hydrogen) atoms. The van der Waals surface area contributed by atoms with Gasteiger partial charge in [0.2, 0.25) is 0 Å². The van der Waals surface area contributed by atoms with Gasteiger partial charge in [-0.3, -0.25) is 0 Å². The maximum atomic E-state index is 6.38.